The summed E-state index contributed by atoms with van der Waals surface area (Å²) in [6, 6.07) is 2.49. The fourth-order valence-electron chi connectivity index (χ4n) is 1.53. The largest absolute Gasteiger partial charge is 0.394 e. The van der Waals surface area contributed by atoms with Gasteiger partial charge in [0.2, 0.25) is 10.0 Å². The number of benzene rings is 1. The van der Waals surface area contributed by atoms with E-state index in [0.29, 0.717) is 0 Å². The first kappa shape index (κ1) is 18.0. The standard InChI is InChI=1S/C11H14Cl3NO4S/c1-2-11(5-16,6-17)15-20(18,19)10-8(13)3-7(12)4-9(10)14/h3-4,15-17H,2,5-6H2,1H3. The first-order valence-electron chi connectivity index (χ1n) is 5.61. The Labute approximate surface area is 132 Å². The van der Waals surface area contributed by atoms with Gasteiger partial charge in [0.1, 0.15) is 4.90 Å². The monoisotopic (exact) mass is 361 g/mol. The quantitative estimate of drug-likeness (QED) is 0.723. The summed E-state index contributed by atoms with van der Waals surface area (Å²) in [5.41, 5.74) is -1.38. The molecule has 0 saturated heterocycles. The van der Waals surface area contributed by atoms with Crippen molar-refractivity contribution >= 4 is 44.8 Å². The van der Waals surface area contributed by atoms with Crippen molar-refractivity contribution in [1.29, 1.82) is 0 Å². The van der Waals surface area contributed by atoms with Gasteiger partial charge >= 0.3 is 0 Å². The van der Waals surface area contributed by atoms with Gasteiger partial charge < -0.3 is 10.2 Å². The van der Waals surface area contributed by atoms with Gasteiger partial charge in [-0.3, -0.25) is 0 Å². The van der Waals surface area contributed by atoms with E-state index in [2.05, 4.69) is 4.72 Å². The van der Waals surface area contributed by atoms with Crippen molar-refractivity contribution in [3.63, 3.8) is 0 Å². The average Bonchev–Trinajstić information content (AvgIpc) is 2.34. The lowest BCUT2D eigenvalue weighted by molar-refractivity contribution is 0.105. The van der Waals surface area contributed by atoms with Crippen LogP contribution in [0.1, 0.15) is 13.3 Å². The molecule has 0 atom stereocenters. The fourth-order valence-corrected chi connectivity index (χ4v) is 4.54. The molecular weight excluding hydrogens is 349 g/mol. The van der Waals surface area contributed by atoms with Gasteiger partial charge in [0.05, 0.1) is 28.8 Å². The molecule has 0 heterocycles. The zero-order valence-corrected chi connectivity index (χ0v) is 13.6. The van der Waals surface area contributed by atoms with E-state index in [9.17, 15) is 18.6 Å². The van der Waals surface area contributed by atoms with E-state index in [1.165, 1.54) is 12.1 Å². The van der Waals surface area contributed by atoms with E-state index < -0.39 is 28.8 Å². The topological polar surface area (TPSA) is 86.6 Å². The second-order valence-electron chi connectivity index (χ2n) is 4.25. The highest BCUT2D eigenvalue weighted by Gasteiger charge is 2.34. The van der Waals surface area contributed by atoms with Crippen LogP contribution in [0.4, 0.5) is 0 Å². The third-order valence-corrected chi connectivity index (χ3v) is 5.58. The number of sulfonamides is 1. The molecule has 0 aliphatic carbocycles. The summed E-state index contributed by atoms with van der Waals surface area (Å²) in [7, 11) is -4.12. The van der Waals surface area contributed by atoms with Gasteiger partial charge in [-0.25, -0.2) is 13.1 Å². The van der Waals surface area contributed by atoms with Crippen LogP contribution < -0.4 is 4.72 Å². The van der Waals surface area contributed by atoms with E-state index >= 15 is 0 Å². The third-order valence-electron chi connectivity index (χ3n) is 2.86. The maximum atomic E-state index is 12.3. The summed E-state index contributed by atoms with van der Waals surface area (Å²) in [5.74, 6) is 0. The molecule has 0 aliphatic rings. The first-order chi connectivity index (χ1) is 9.21. The molecule has 9 heteroatoms. The second-order valence-corrected chi connectivity index (χ2v) is 7.12. The highest BCUT2D eigenvalue weighted by Crippen LogP contribution is 2.33. The molecule has 5 nitrogen and oxygen atoms in total. The molecule has 3 N–H and O–H groups in total. The zero-order chi connectivity index (χ0) is 15.6. The van der Waals surface area contributed by atoms with Crippen molar-refractivity contribution in [3.8, 4) is 0 Å². The maximum Gasteiger partial charge on any atom is 0.244 e. The number of hydrogen-bond acceptors (Lipinski definition) is 4. The number of aliphatic hydroxyl groups excluding tert-OH is 2. The lowest BCUT2D eigenvalue weighted by atomic mass is 10.0. The first-order valence-corrected chi connectivity index (χ1v) is 8.23. The van der Waals surface area contributed by atoms with E-state index in [4.69, 9.17) is 34.8 Å². The Bertz CT molecular complexity index is 556. The van der Waals surface area contributed by atoms with Crippen LogP contribution in [0.15, 0.2) is 17.0 Å². The molecule has 0 radical (unpaired) electrons. The molecule has 20 heavy (non-hydrogen) atoms. The molecule has 0 aliphatic heterocycles. The summed E-state index contributed by atoms with van der Waals surface area (Å²) in [5, 5.41) is 18.5. The number of rotatable bonds is 6. The van der Waals surface area contributed by atoms with Crippen LogP contribution in [-0.2, 0) is 10.0 Å². The van der Waals surface area contributed by atoms with Crippen molar-refractivity contribution in [1.82, 2.24) is 4.72 Å². The van der Waals surface area contributed by atoms with Gasteiger partial charge in [0.15, 0.2) is 0 Å². The van der Waals surface area contributed by atoms with Crippen molar-refractivity contribution < 1.29 is 18.6 Å². The van der Waals surface area contributed by atoms with Crippen molar-refractivity contribution in [2.24, 2.45) is 0 Å². The minimum absolute atomic E-state index is 0.143. The number of aliphatic hydroxyl groups is 2. The number of halogens is 3. The molecule has 0 unspecified atom stereocenters. The van der Waals surface area contributed by atoms with E-state index in [1.54, 1.807) is 6.92 Å². The molecule has 0 amide bonds. The van der Waals surface area contributed by atoms with Crippen molar-refractivity contribution in [3.05, 3.63) is 27.2 Å². The Balaban J connectivity index is 3.32. The van der Waals surface area contributed by atoms with Crippen molar-refractivity contribution in [2.75, 3.05) is 13.2 Å². The van der Waals surface area contributed by atoms with Gasteiger partial charge in [0, 0.05) is 5.02 Å². The Hall–Kier alpha value is -0.0800. The van der Waals surface area contributed by atoms with Crippen LogP contribution >= 0.6 is 34.8 Å². The summed E-state index contributed by atoms with van der Waals surface area (Å²) in [6.07, 6.45) is 0.183. The molecular formula is C11H14Cl3NO4S. The van der Waals surface area contributed by atoms with Gasteiger partial charge in [-0.05, 0) is 18.6 Å². The van der Waals surface area contributed by atoms with Crippen LogP contribution in [0.25, 0.3) is 0 Å². The molecule has 0 spiro atoms. The highest BCUT2D eigenvalue weighted by atomic mass is 35.5. The Morgan fingerprint density at radius 2 is 1.60 bits per heavy atom. The molecule has 0 bridgehead atoms. The lowest BCUT2D eigenvalue weighted by Crippen LogP contribution is -2.53. The van der Waals surface area contributed by atoms with Gasteiger partial charge in [0.25, 0.3) is 0 Å². The SMILES string of the molecule is CCC(CO)(CO)NS(=O)(=O)c1c(Cl)cc(Cl)cc1Cl. The molecule has 0 saturated carbocycles. The van der Waals surface area contributed by atoms with Crippen LogP contribution in [-0.4, -0.2) is 37.4 Å². The summed E-state index contributed by atoms with van der Waals surface area (Å²) in [6.45, 7) is 0.490. The smallest absolute Gasteiger partial charge is 0.244 e. The molecule has 0 fully saturated rings. The average molecular weight is 363 g/mol. The summed E-state index contributed by atoms with van der Waals surface area (Å²) >= 11 is 17.5. The van der Waals surface area contributed by atoms with Crippen LogP contribution in [0.5, 0.6) is 0 Å². The van der Waals surface area contributed by atoms with E-state index in [1.807, 2.05) is 0 Å². The molecule has 0 aromatic heterocycles. The maximum absolute atomic E-state index is 12.3. The van der Waals surface area contributed by atoms with Crippen LogP contribution in [0.2, 0.25) is 15.1 Å². The van der Waals surface area contributed by atoms with Crippen molar-refractivity contribution in [2.45, 2.75) is 23.8 Å². The molecule has 1 rings (SSSR count). The third kappa shape index (κ3) is 3.76. The lowest BCUT2D eigenvalue weighted by Gasteiger charge is -2.29. The van der Waals surface area contributed by atoms with Crippen LogP contribution in [0.3, 0.4) is 0 Å². The fraction of sp³-hybridized carbons (Fsp3) is 0.455. The molecule has 114 valence electrons. The second kappa shape index (κ2) is 6.79. The zero-order valence-electron chi connectivity index (χ0n) is 10.5. The summed E-state index contributed by atoms with van der Waals surface area (Å²) < 4.78 is 26.9. The Kier molecular flexibility index (Phi) is 6.10. The minimum Gasteiger partial charge on any atom is -0.394 e. The van der Waals surface area contributed by atoms with Gasteiger partial charge in [-0.1, -0.05) is 41.7 Å². The van der Waals surface area contributed by atoms with Gasteiger partial charge in [-0.2, -0.15) is 0 Å². The van der Waals surface area contributed by atoms with E-state index in [-0.39, 0.29) is 26.4 Å². The molecule has 1 aromatic carbocycles. The highest BCUT2D eigenvalue weighted by molar-refractivity contribution is 7.89. The van der Waals surface area contributed by atoms with Gasteiger partial charge in [-0.15, -0.1) is 0 Å². The predicted octanol–water partition coefficient (Wildman–Crippen LogP) is 2.06. The molecule has 1 aromatic rings. The number of nitrogens with one attached hydrogen (secondary N) is 1. The van der Waals surface area contributed by atoms with Crippen LogP contribution in [0, 0.1) is 0 Å². The predicted molar refractivity (Wildman–Crippen MR) is 79.0 cm³/mol. The van der Waals surface area contributed by atoms with E-state index in [0.717, 1.165) is 0 Å². The number of hydrogen-bond donors (Lipinski definition) is 3. The Morgan fingerprint density at radius 3 is 1.95 bits per heavy atom. The Morgan fingerprint density at radius 1 is 1.15 bits per heavy atom. The normalized spacial score (nSPS) is 12.7. The summed E-state index contributed by atoms with van der Waals surface area (Å²) in [4.78, 5) is -0.343. The minimum atomic E-state index is -4.12.